The zero-order chi connectivity index (χ0) is 23.5. The summed E-state index contributed by atoms with van der Waals surface area (Å²) in [5.41, 5.74) is 1.52. The van der Waals surface area contributed by atoms with E-state index in [0.717, 1.165) is 18.4 Å². The van der Waals surface area contributed by atoms with Crippen molar-refractivity contribution in [2.24, 2.45) is 5.41 Å². The van der Waals surface area contributed by atoms with Crippen molar-refractivity contribution in [3.05, 3.63) is 59.9 Å². The first-order chi connectivity index (χ1) is 16.4. The van der Waals surface area contributed by atoms with Crippen molar-refractivity contribution in [1.29, 1.82) is 0 Å². The molecule has 2 saturated heterocycles. The molecule has 6 rings (SSSR count). The van der Waals surface area contributed by atoms with Gasteiger partial charge in [0.2, 0.25) is 10.0 Å². The number of hydrogen-bond donors (Lipinski definition) is 1. The van der Waals surface area contributed by atoms with Crippen LogP contribution in [-0.4, -0.2) is 55.8 Å². The van der Waals surface area contributed by atoms with Crippen molar-refractivity contribution in [2.75, 3.05) is 13.2 Å². The molecular formula is C26H29FN2O4S. The molecule has 6 nitrogen and oxygen atoms in total. The molecule has 180 valence electrons. The average molecular weight is 485 g/mol. The number of carbonyl (C=O) groups is 1. The highest BCUT2D eigenvalue weighted by Gasteiger charge is 2.62. The molecule has 8 heteroatoms. The number of rotatable bonds is 7. The second-order valence-corrected chi connectivity index (χ2v) is 12.2. The van der Waals surface area contributed by atoms with Crippen LogP contribution >= 0.6 is 0 Å². The van der Waals surface area contributed by atoms with Crippen LogP contribution < -0.4 is 4.72 Å². The van der Waals surface area contributed by atoms with Crippen LogP contribution in [0.1, 0.15) is 37.7 Å². The first kappa shape index (κ1) is 22.2. The van der Waals surface area contributed by atoms with Crippen LogP contribution in [0.4, 0.5) is 4.39 Å². The molecule has 34 heavy (non-hydrogen) atoms. The SMILES string of the molecule is O=C([C@H]1CCO1)N1CC2(CC2)[C@H](NS(=O)(=O)C2CC2)[C@@H]1Cc1cccc(-c2ccccc2)c1F. The van der Waals surface area contributed by atoms with Gasteiger partial charge in [0, 0.05) is 30.0 Å². The third-order valence-electron chi connectivity index (χ3n) is 7.93. The van der Waals surface area contributed by atoms with Crippen molar-refractivity contribution in [3.63, 3.8) is 0 Å². The highest BCUT2D eigenvalue weighted by molar-refractivity contribution is 7.90. The van der Waals surface area contributed by atoms with Gasteiger partial charge in [-0.1, -0.05) is 48.5 Å². The summed E-state index contributed by atoms with van der Waals surface area (Å²) in [6.07, 6.45) is 3.53. The summed E-state index contributed by atoms with van der Waals surface area (Å²) in [5, 5.41) is -0.346. The van der Waals surface area contributed by atoms with E-state index in [1.54, 1.807) is 17.0 Å². The molecule has 2 aliphatic heterocycles. The molecule has 4 aliphatic rings. The van der Waals surface area contributed by atoms with Crippen molar-refractivity contribution in [3.8, 4) is 11.1 Å². The Morgan fingerprint density at radius 1 is 1.09 bits per heavy atom. The van der Waals surface area contributed by atoms with E-state index in [1.165, 1.54) is 0 Å². The van der Waals surface area contributed by atoms with E-state index in [4.69, 9.17) is 4.74 Å². The van der Waals surface area contributed by atoms with Gasteiger partial charge in [-0.3, -0.25) is 4.79 Å². The lowest BCUT2D eigenvalue weighted by atomic mass is 9.91. The summed E-state index contributed by atoms with van der Waals surface area (Å²) in [5.74, 6) is -0.420. The maximum absolute atomic E-state index is 15.7. The molecule has 0 unspecified atom stereocenters. The van der Waals surface area contributed by atoms with Gasteiger partial charge in [-0.15, -0.1) is 0 Å². The van der Waals surface area contributed by atoms with Crippen molar-refractivity contribution in [1.82, 2.24) is 9.62 Å². The number of ether oxygens (including phenoxy) is 1. The fraction of sp³-hybridized carbons (Fsp3) is 0.500. The number of hydrogen-bond acceptors (Lipinski definition) is 4. The molecule has 3 atom stereocenters. The lowest BCUT2D eigenvalue weighted by Gasteiger charge is -2.34. The molecule has 2 aliphatic carbocycles. The van der Waals surface area contributed by atoms with Gasteiger partial charge in [0.15, 0.2) is 0 Å². The standard InChI is InChI=1S/C26H29FN2O4S/c27-23-18(7-4-8-20(23)17-5-2-1-3-6-17)15-21-24(28-34(31,32)19-9-10-19)26(12-13-26)16-29(21)25(30)22-11-14-33-22/h1-8,19,21-22,24,28H,9-16H2/t21-,22+,24+/m0/s1. The van der Waals surface area contributed by atoms with Crippen LogP contribution in [0.5, 0.6) is 0 Å². The second kappa shape index (κ2) is 8.14. The molecule has 2 saturated carbocycles. The molecular weight excluding hydrogens is 455 g/mol. The molecule has 2 heterocycles. The predicted octanol–water partition coefficient (Wildman–Crippen LogP) is 3.27. The van der Waals surface area contributed by atoms with E-state index in [1.807, 2.05) is 36.4 Å². The Morgan fingerprint density at radius 2 is 1.82 bits per heavy atom. The van der Waals surface area contributed by atoms with E-state index in [2.05, 4.69) is 4.72 Å². The van der Waals surface area contributed by atoms with Gasteiger partial charge in [0.05, 0.1) is 17.9 Å². The number of amides is 1. The first-order valence-electron chi connectivity index (χ1n) is 12.1. The van der Waals surface area contributed by atoms with Gasteiger partial charge in [-0.2, -0.15) is 0 Å². The van der Waals surface area contributed by atoms with E-state index >= 15 is 4.39 Å². The fourth-order valence-corrected chi connectivity index (χ4v) is 7.23. The molecule has 1 amide bonds. The second-order valence-electron chi connectivity index (χ2n) is 10.2. The number of nitrogens with zero attached hydrogens (tertiary/aromatic N) is 1. The van der Waals surface area contributed by atoms with Crippen LogP contribution in [0, 0.1) is 11.2 Å². The predicted molar refractivity (Wildman–Crippen MR) is 126 cm³/mol. The van der Waals surface area contributed by atoms with Gasteiger partial charge in [-0.25, -0.2) is 17.5 Å². The number of sulfonamides is 1. The smallest absolute Gasteiger partial charge is 0.252 e. The summed E-state index contributed by atoms with van der Waals surface area (Å²) in [7, 11) is -3.46. The minimum Gasteiger partial charge on any atom is -0.368 e. The largest absolute Gasteiger partial charge is 0.368 e. The highest BCUT2D eigenvalue weighted by Crippen LogP contribution is 2.56. The van der Waals surface area contributed by atoms with Crippen molar-refractivity contribution < 1.29 is 22.3 Å². The Bertz CT molecular complexity index is 1210. The van der Waals surface area contributed by atoms with Gasteiger partial charge in [0.25, 0.3) is 5.91 Å². The lowest BCUT2D eigenvalue weighted by Crippen LogP contribution is -2.53. The van der Waals surface area contributed by atoms with Gasteiger partial charge in [0.1, 0.15) is 11.9 Å². The highest BCUT2D eigenvalue weighted by atomic mass is 32.2. The topological polar surface area (TPSA) is 75.7 Å². The molecule has 0 aromatic heterocycles. The van der Waals surface area contributed by atoms with E-state index < -0.39 is 28.2 Å². The third kappa shape index (κ3) is 3.85. The van der Waals surface area contributed by atoms with Gasteiger partial charge in [-0.05, 0) is 43.2 Å². The monoisotopic (exact) mass is 484 g/mol. The Hall–Kier alpha value is -2.29. The van der Waals surface area contributed by atoms with Crippen LogP contribution in [-0.2, 0) is 26.0 Å². The number of nitrogens with one attached hydrogen (secondary N) is 1. The number of halogens is 1. The molecule has 4 fully saturated rings. The van der Waals surface area contributed by atoms with Crippen LogP contribution in [0.25, 0.3) is 11.1 Å². The van der Waals surface area contributed by atoms with Crippen LogP contribution in [0.2, 0.25) is 0 Å². The van der Waals surface area contributed by atoms with Crippen LogP contribution in [0.3, 0.4) is 0 Å². The molecule has 2 aromatic rings. The zero-order valence-electron chi connectivity index (χ0n) is 19.0. The Morgan fingerprint density at radius 3 is 2.44 bits per heavy atom. The molecule has 0 radical (unpaired) electrons. The first-order valence-corrected chi connectivity index (χ1v) is 13.7. The Kier molecular flexibility index (Phi) is 5.31. The van der Waals surface area contributed by atoms with Gasteiger partial charge < -0.3 is 9.64 Å². The molecule has 0 bridgehead atoms. The molecule has 1 N–H and O–H groups in total. The van der Waals surface area contributed by atoms with E-state index in [-0.39, 0.29) is 28.8 Å². The average Bonchev–Trinajstić information content (AvgIpc) is 3.70. The Balaban J connectivity index is 1.35. The maximum Gasteiger partial charge on any atom is 0.252 e. The molecule has 2 aromatic carbocycles. The number of likely N-dealkylation sites (tertiary alicyclic amines) is 1. The minimum atomic E-state index is -3.46. The van der Waals surface area contributed by atoms with E-state index in [9.17, 15) is 13.2 Å². The summed E-state index contributed by atoms with van der Waals surface area (Å²) in [4.78, 5) is 15.1. The van der Waals surface area contributed by atoms with E-state index in [0.29, 0.717) is 43.5 Å². The van der Waals surface area contributed by atoms with Gasteiger partial charge >= 0.3 is 0 Å². The van der Waals surface area contributed by atoms with Crippen molar-refractivity contribution in [2.45, 2.75) is 62.0 Å². The third-order valence-corrected chi connectivity index (χ3v) is 9.86. The fourth-order valence-electron chi connectivity index (χ4n) is 5.52. The summed E-state index contributed by atoms with van der Waals surface area (Å²) in [6.45, 7) is 1.06. The zero-order valence-corrected chi connectivity index (χ0v) is 19.8. The number of carbonyl (C=O) groups excluding carboxylic acids is 1. The maximum atomic E-state index is 15.7. The quantitative estimate of drug-likeness (QED) is 0.655. The normalized spacial score (nSPS) is 27.6. The van der Waals surface area contributed by atoms with Crippen molar-refractivity contribution >= 4 is 15.9 Å². The minimum absolute atomic E-state index is 0.102. The summed E-state index contributed by atoms with van der Waals surface area (Å²) >= 11 is 0. The summed E-state index contributed by atoms with van der Waals surface area (Å²) in [6, 6.07) is 13.8. The molecule has 1 spiro atoms. The van der Waals surface area contributed by atoms with Crippen LogP contribution in [0.15, 0.2) is 48.5 Å². The summed E-state index contributed by atoms with van der Waals surface area (Å²) < 4.78 is 50.0. The Labute approximate surface area is 199 Å². The number of benzene rings is 2. The lowest BCUT2D eigenvalue weighted by molar-refractivity contribution is -0.157.